The van der Waals surface area contributed by atoms with Crippen molar-refractivity contribution in [2.45, 2.75) is 19.8 Å². The maximum atomic E-state index is 10.4. The fourth-order valence-electron chi connectivity index (χ4n) is 1.46. The molecule has 0 bridgehead atoms. The Hall–Kier alpha value is -1.85. The lowest BCUT2D eigenvalue weighted by molar-refractivity contribution is -0.137. The smallest absolute Gasteiger partial charge is 0.303 e. The van der Waals surface area contributed by atoms with Gasteiger partial charge in [-0.05, 0) is 13.3 Å². The van der Waals surface area contributed by atoms with Crippen LogP contribution in [0.3, 0.4) is 0 Å². The number of carbonyl (C=O) groups is 1. The molecular weight excluding hydrogens is 220 g/mol. The van der Waals surface area contributed by atoms with Crippen molar-refractivity contribution in [1.82, 2.24) is 9.97 Å². The van der Waals surface area contributed by atoms with E-state index in [0.29, 0.717) is 18.8 Å². The third-order valence-corrected chi connectivity index (χ3v) is 2.36. The van der Waals surface area contributed by atoms with Gasteiger partial charge in [-0.2, -0.15) is 0 Å². The largest absolute Gasteiger partial charge is 0.481 e. The zero-order chi connectivity index (χ0) is 12.8. The van der Waals surface area contributed by atoms with Gasteiger partial charge in [0.25, 0.3) is 0 Å². The summed E-state index contributed by atoms with van der Waals surface area (Å²) in [5.41, 5.74) is 0. The number of rotatable bonds is 6. The minimum Gasteiger partial charge on any atom is -0.481 e. The van der Waals surface area contributed by atoms with E-state index in [-0.39, 0.29) is 6.42 Å². The topological polar surface area (TPSA) is 78.4 Å². The second-order valence-corrected chi connectivity index (χ2v) is 3.83. The number of hydrogen-bond donors (Lipinski definition) is 2. The molecule has 0 radical (unpaired) electrons. The van der Waals surface area contributed by atoms with Crippen LogP contribution in [0.1, 0.15) is 18.7 Å². The Kier molecular flexibility index (Phi) is 4.68. The number of nitrogens with zero attached hydrogens (tertiary/aromatic N) is 3. The van der Waals surface area contributed by atoms with E-state index >= 15 is 0 Å². The van der Waals surface area contributed by atoms with Gasteiger partial charge in [0.1, 0.15) is 17.5 Å². The molecule has 0 atom stereocenters. The Morgan fingerprint density at radius 1 is 1.53 bits per heavy atom. The van der Waals surface area contributed by atoms with E-state index in [4.69, 9.17) is 5.11 Å². The van der Waals surface area contributed by atoms with Gasteiger partial charge in [-0.1, -0.05) is 0 Å². The molecule has 0 aliphatic rings. The number of nitrogens with one attached hydrogen (secondary N) is 1. The van der Waals surface area contributed by atoms with Gasteiger partial charge in [-0.25, -0.2) is 9.97 Å². The highest BCUT2D eigenvalue weighted by Crippen LogP contribution is 2.14. The summed E-state index contributed by atoms with van der Waals surface area (Å²) in [5.74, 6) is 1.48. The Morgan fingerprint density at radius 2 is 2.24 bits per heavy atom. The van der Waals surface area contributed by atoms with Crippen molar-refractivity contribution in [3.8, 4) is 0 Å². The van der Waals surface area contributed by atoms with Crippen molar-refractivity contribution >= 4 is 17.6 Å². The summed E-state index contributed by atoms with van der Waals surface area (Å²) >= 11 is 0. The van der Waals surface area contributed by atoms with Crippen LogP contribution in [0.15, 0.2) is 6.07 Å². The first-order valence-corrected chi connectivity index (χ1v) is 5.49. The molecule has 2 N–H and O–H groups in total. The van der Waals surface area contributed by atoms with Crippen LogP contribution in [0.5, 0.6) is 0 Å². The third-order valence-electron chi connectivity index (χ3n) is 2.36. The van der Waals surface area contributed by atoms with Crippen LogP contribution in [-0.4, -0.2) is 41.7 Å². The van der Waals surface area contributed by atoms with E-state index in [0.717, 1.165) is 11.6 Å². The van der Waals surface area contributed by atoms with Gasteiger partial charge in [-0.15, -0.1) is 0 Å². The highest BCUT2D eigenvalue weighted by Gasteiger charge is 2.06. The first kappa shape index (κ1) is 13.2. The van der Waals surface area contributed by atoms with E-state index in [1.165, 1.54) is 0 Å². The molecule has 1 rings (SSSR count). The van der Waals surface area contributed by atoms with E-state index in [2.05, 4.69) is 15.3 Å². The van der Waals surface area contributed by atoms with Crippen molar-refractivity contribution in [3.05, 3.63) is 11.9 Å². The minimum absolute atomic E-state index is 0.174. The summed E-state index contributed by atoms with van der Waals surface area (Å²) in [7, 11) is 3.69. The SMILES string of the molecule is CNc1cc(N(C)CCCC(=O)O)nc(C)n1. The number of aliphatic carboxylic acids is 1. The second-order valence-electron chi connectivity index (χ2n) is 3.83. The summed E-state index contributed by atoms with van der Waals surface area (Å²) in [4.78, 5) is 20.9. The monoisotopic (exact) mass is 238 g/mol. The van der Waals surface area contributed by atoms with Gasteiger partial charge < -0.3 is 15.3 Å². The van der Waals surface area contributed by atoms with Crippen molar-refractivity contribution in [2.75, 3.05) is 30.9 Å². The summed E-state index contributed by atoms with van der Waals surface area (Å²) in [6, 6.07) is 1.84. The zero-order valence-electron chi connectivity index (χ0n) is 10.4. The zero-order valence-corrected chi connectivity index (χ0v) is 10.4. The first-order valence-electron chi connectivity index (χ1n) is 5.49. The van der Waals surface area contributed by atoms with E-state index in [1.54, 1.807) is 7.05 Å². The number of hydrogen-bond acceptors (Lipinski definition) is 5. The van der Waals surface area contributed by atoms with Crippen LogP contribution >= 0.6 is 0 Å². The first-order chi connectivity index (χ1) is 8.02. The van der Waals surface area contributed by atoms with Gasteiger partial charge >= 0.3 is 5.97 Å². The molecule has 0 aliphatic carbocycles. The predicted octanol–water partition coefficient (Wildman–Crippen LogP) is 1.13. The summed E-state index contributed by atoms with van der Waals surface area (Å²) in [6.45, 7) is 2.49. The Morgan fingerprint density at radius 3 is 2.82 bits per heavy atom. The highest BCUT2D eigenvalue weighted by atomic mass is 16.4. The fraction of sp³-hybridized carbons (Fsp3) is 0.545. The van der Waals surface area contributed by atoms with E-state index < -0.39 is 5.97 Å². The minimum atomic E-state index is -0.770. The van der Waals surface area contributed by atoms with Gasteiger partial charge in [0.05, 0.1) is 0 Å². The molecule has 1 aromatic heterocycles. The average Bonchev–Trinajstić information content (AvgIpc) is 2.27. The van der Waals surface area contributed by atoms with Gasteiger partial charge in [0, 0.05) is 33.1 Å². The lowest BCUT2D eigenvalue weighted by Crippen LogP contribution is -2.21. The maximum absolute atomic E-state index is 10.4. The molecule has 94 valence electrons. The molecule has 0 aromatic carbocycles. The van der Waals surface area contributed by atoms with Crippen molar-refractivity contribution < 1.29 is 9.90 Å². The van der Waals surface area contributed by atoms with Crippen LogP contribution < -0.4 is 10.2 Å². The molecule has 0 saturated heterocycles. The lowest BCUT2D eigenvalue weighted by Gasteiger charge is -2.18. The average molecular weight is 238 g/mol. The van der Waals surface area contributed by atoms with Crippen LogP contribution in [-0.2, 0) is 4.79 Å². The Labute approximate surface area is 101 Å². The second kappa shape index (κ2) is 6.03. The van der Waals surface area contributed by atoms with Crippen LogP contribution in [0, 0.1) is 6.92 Å². The quantitative estimate of drug-likeness (QED) is 0.773. The predicted molar refractivity (Wildman–Crippen MR) is 66.5 cm³/mol. The highest BCUT2D eigenvalue weighted by molar-refractivity contribution is 5.66. The van der Waals surface area contributed by atoms with Crippen LogP contribution in [0.25, 0.3) is 0 Å². The molecule has 1 heterocycles. The standard InChI is InChI=1S/C11H18N4O2/c1-8-13-9(12-2)7-10(14-8)15(3)6-4-5-11(16)17/h7H,4-6H2,1-3H3,(H,16,17)(H,12,13,14). The van der Waals surface area contributed by atoms with E-state index in [1.807, 2.05) is 24.9 Å². The number of carboxylic acids is 1. The van der Waals surface area contributed by atoms with Gasteiger partial charge in [-0.3, -0.25) is 4.79 Å². The van der Waals surface area contributed by atoms with Gasteiger partial charge in [0.2, 0.25) is 0 Å². The Balaban J connectivity index is 2.64. The molecule has 0 aliphatic heterocycles. The molecule has 0 unspecified atom stereocenters. The summed E-state index contributed by atoms with van der Waals surface area (Å²) in [6.07, 6.45) is 0.775. The number of carboxylic acid groups (broad SMARTS) is 1. The Bertz CT molecular complexity index is 395. The van der Waals surface area contributed by atoms with Crippen molar-refractivity contribution in [2.24, 2.45) is 0 Å². The molecule has 1 aromatic rings. The van der Waals surface area contributed by atoms with Crippen molar-refractivity contribution in [1.29, 1.82) is 0 Å². The number of aromatic nitrogens is 2. The molecule has 6 nitrogen and oxygen atoms in total. The van der Waals surface area contributed by atoms with E-state index in [9.17, 15) is 4.79 Å². The normalized spacial score (nSPS) is 10.1. The summed E-state index contributed by atoms with van der Waals surface area (Å²) in [5, 5.41) is 11.5. The maximum Gasteiger partial charge on any atom is 0.303 e. The lowest BCUT2D eigenvalue weighted by atomic mass is 10.3. The molecule has 0 spiro atoms. The third kappa shape index (κ3) is 4.26. The molecule has 0 amide bonds. The molecule has 6 heteroatoms. The van der Waals surface area contributed by atoms with Gasteiger partial charge in [0.15, 0.2) is 0 Å². The van der Waals surface area contributed by atoms with Crippen LogP contribution in [0.2, 0.25) is 0 Å². The van der Waals surface area contributed by atoms with Crippen molar-refractivity contribution in [3.63, 3.8) is 0 Å². The number of aryl methyl sites for hydroxylation is 1. The molecular formula is C11H18N4O2. The fourth-order valence-corrected chi connectivity index (χ4v) is 1.46. The molecule has 0 fully saturated rings. The summed E-state index contributed by atoms with van der Waals surface area (Å²) < 4.78 is 0. The van der Waals surface area contributed by atoms with Crippen LogP contribution in [0.4, 0.5) is 11.6 Å². The molecule has 0 saturated carbocycles. The number of anilines is 2. The molecule has 17 heavy (non-hydrogen) atoms.